The van der Waals surface area contributed by atoms with Crippen LogP contribution in [0.1, 0.15) is 40.0 Å². The zero-order valence-corrected chi connectivity index (χ0v) is 9.72. The summed E-state index contributed by atoms with van der Waals surface area (Å²) in [7, 11) is 0. The molecule has 0 radical (unpaired) electrons. The van der Waals surface area contributed by atoms with E-state index in [0.717, 1.165) is 19.3 Å². The summed E-state index contributed by atoms with van der Waals surface area (Å²) in [4.78, 5) is 21.6. The lowest BCUT2D eigenvalue weighted by atomic mass is 9.90. The van der Waals surface area contributed by atoms with E-state index < -0.39 is 6.03 Å². The highest BCUT2D eigenvalue weighted by molar-refractivity contribution is 5.94. The molecule has 0 aromatic heterocycles. The zero-order valence-electron chi connectivity index (χ0n) is 9.72. The first-order valence-electron chi connectivity index (χ1n) is 5.34. The Hall–Kier alpha value is -1.10. The molecule has 4 N–H and O–H groups in total. The molecule has 5 heteroatoms. The van der Waals surface area contributed by atoms with Crippen molar-refractivity contribution >= 4 is 11.9 Å². The second-order valence-corrected chi connectivity index (χ2v) is 3.61. The maximum atomic E-state index is 11.2. The highest BCUT2D eigenvalue weighted by Crippen LogP contribution is 2.18. The van der Waals surface area contributed by atoms with Gasteiger partial charge in [0.1, 0.15) is 0 Å². The zero-order chi connectivity index (χ0) is 11.9. The van der Waals surface area contributed by atoms with Gasteiger partial charge in [0, 0.05) is 5.54 Å². The molecule has 0 saturated carbocycles. The number of carbonyl (C=O) groups is 2. The van der Waals surface area contributed by atoms with Gasteiger partial charge in [-0.1, -0.05) is 20.8 Å². The maximum absolute atomic E-state index is 11.2. The monoisotopic (exact) mass is 215 g/mol. The molecular formula is C10H21N3O2. The van der Waals surface area contributed by atoms with Crippen LogP contribution in [0.3, 0.4) is 0 Å². The Labute approximate surface area is 90.8 Å². The van der Waals surface area contributed by atoms with E-state index in [1.54, 1.807) is 0 Å². The van der Waals surface area contributed by atoms with E-state index in [0.29, 0.717) is 0 Å². The maximum Gasteiger partial charge on any atom is 0.318 e. The minimum atomic E-state index is -0.808. The molecule has 0 atom stereocenters. The first kappa shape index (κ1) is 13.9. The number of nitrogens with one attached hydrogen (secondary N) is 2. The largest absolute Gasteiger partial charge is 0.351 e. The van der Waals surface area contributed by atoms with E-state index in [1.807, 2.05) is 5.32 Å². The van der Waals surface area contributed by atoms with Gasteiger partial charge in [-0.3, -0.25) is 10.1 Å². The van der Waals surface area contributed by atoms with E-state index in [1.165, 1.54) is 0 Å². The molecule has 0 aliphatic carbocycles. The molecule has 0 spiro atoms. The highest BCUT2D eigenvalue weighted by atomic mass is 16.2. The van der Waals surface area contributed by atoms with Crippen molar-refractivity contribution in [3.8, 4) is 0 Å². The lowest BCUT2D eigenvalue weighted by Gasteiger charge is -2.31. The summed E-state index contributed by atoms with van der Waals surface area (Å²) in [5.41, 5.74) is 4.81. The Bertz CT molecular complexity index is 216. The third-order valence-corrected chi connectivity index (χ3v) is 2.92. The van der Waals surface area contributed by atoms with E-state index in [2.05, 4.69) is 26.1 Å². The summed E-state index contributed by atoms with van der Waals surface area (Å²) in [5, 5.41) is 5.19. The van der Waals surface area contributed by atoms with Gasteiger partial charge in [0.25, 0.3) is 0 Å². The van der Waals surface area contributed by atoms with Gasteiger partial charge in [0.05, 0.1) is 6.54 Å². The summed E-state index contributed by atoms with van der Waals surface area (Å²) >= 11 is 0. The van der Waals surface area contributed by atoms with Gasteiger partial charge in [-0.05, 0) is 19.3 Å². The van der Waals surface area contributed by atoms with Crippen LogP contribution in [0.4, 0.5) is 4.79 Å². The highest BCUT2D eigenvalue weighted by Gasteiger charge is 2.23. The fourth-order valence-electron chi connectivity index (χ4n) is 1.57. The summed E-state index contributed by atoms with van der Waals surface area (Å²) in [6.45, 7) is 6.35. The number of rotatable bonds is 6. The predicted octanol–water partition coefficient (Wildman–Crippen LogP) is 0.740. The summed E-state index contributed by atoms with van der Waals surface area (Å²) in [6.07, 6.45) is 2.84. The molecule has 0 fully saturated rings. The van der Waals surface area contributed by atoms with Crippen molar-refractivity contribution in [1.82, 2.24) is 10.6 Å². The first-order valence-corrected chi connectivity index (χ1v) is 5.34. The van der Waals surface area contributed by atoms with Crippen LogP contribution in [0.2, 0.25) is 0 Å². The standard InChI is InChI=1S/C10H21N3O2/c1-4-10(5-2,6-3)12-7-8(14)13-9(11)15/h12H,4-7H2,1-3H3,(H3,11,13,14,15). The lowest BCUT2D eigenvalue weighted by molar-refractivity contribution is -0.119. The first-order chi connectivity index (χ1) is 6.99. The van der Waals surface area contributed by atoms with E-state index in [-0.39, 0.29) is 18.0 Å². The van der Waals surface area contributed by atoms with Crippen LogP contribution in [0.5, 0.6) is 0 Å². The minimum absolute atomic E-state index is 0.0189. The van der Waals surface area contributed by atoms with E-state index in [9.17, 15) is 9.59 Å². The molecular weight excluding hydrogens is 194 g/mol. The average Bonchev–Trinajstić information content (AvgIpc) is 2.20. The molecule has 3 amide bonds. The second kappa shape index (κ2) is 6.40. The minimum Gasteiger partial charge on any atom is -0.351 e. The number of nitrogens with two attached hydrogens (primary N) is 1. The van der Waals surface area contributed by atoms with Crippen molar-refractivity contribution in [2.24, 2.45) is 5.73 Å². The van der Waals surface area contributed by atoms with Crippen LogP contribution in [-0.4, -0.2) is 24.0 Å². The fraction of sp³-hybridized carbons (Fsp3) is 0.800. The van der Waals surface area contributed by atoms with Crippen molar-refractivity contribution in [3.05, 3.63) is 0 Å². The number of carbonyl (C=O) groups excluding carboxylic acids is 2. The predicted molar refractivity (Wildman–Crippen MR) is 59.3 cm³/mol. The Balaban J connectivity index is 4.10. The van der Waals surface area contributed by atoms with Crippen LogP contribution < -0.4 is 16.4 Å². The Morgan fingerprint density at radius 2 is 1.60 bits per heavy atom. The third-order valence-electron chi connectivity index (χ3n) is 2.92. The van der Waals surface area contributed by atoms with Gasteiger partial charge in [0.2, 0.25) is 5.91 Å². The van der Waals surface area contributed by atoms with E-state index in [4.69, 9.17) is 5.73 Å². The quantitative estimate of drug-likeness (QED) is 0.611. The third kappa shape index (κ3) is 4.78. The number of hydrogen-bond acceptors (Lipinski definition) is 3. The Kier molecular flexibility index (Phi) is 5.93. The molecule has 0 bridgehead atoms. The molecule has 5 nitrogen and oxygen atoms in total. The van der Waals surface area contributed by atoms with Crippen LogP contribution in [-0.2, 0) is 4.79 Å². The Morgan fingerprint density at radius 1 is 1.13 bits per heavy atom. The molecule has 0 unspecified atom stereocenters. The molecule has 0 aliphatic rings. The van der Waals surface area contributed by atoms with E-state index >= 15 is 0 Å². The van der Waals surface area contributed by atoms with Crippen LogP contribution in [0.15, 0.2) is 0 Å². The van der Waals surface area contributed by atoms with Gasteiger partial charge in [-0.2, -0.15) is 0 Å². The number of urea groups is 1. The topological polar surface area (TPSA) is 84.2 Å². The number of amides is 3. The fourth-order valence-corrected chi connectivity index (χ4v) is 1.57. The van der Waals surface area contributed by atoms with Crippen LogP contribution >= 0.6 is 0 Å². The van der Waals surface area contributed by atoms with Crippen molar-refractivity contribution in [2.75, 3.05) is 6.54 Å². The Morgan fingerprint density at radius 3 is 1.93 bits per heavy atom. The normalized spacial score (nSPS) is 11.1. The molecule has 0 aliphatic heterocycles. The van der Waals surface area contributed by atoms with Crippen molar-refractivity contribution in [2.45, 2.75) is 45.6 Å². The molecule has 0 aromatic carbocycles. The van der Waals surface area contributed by atoms with Crippen molar-refractivity contribution in [1.29, 1.82) is 0 Å². The number of primary amides is 1. The summed E-state index contributed by atoms with van der Waals surface area (Å²) in [6, 6.07) is -0.808. The molecule has 0 rings (SSSR count). The molecule has 88 valence electrons. The molecule has 0 aromatic rings. The van der Waals surface area contributed by atoms with Crippen LogP contribution in [0.25, 0.3) is 0 Å². The van der Waals surface area contributed by atoms with Gasteiger partial charge in [0.15, 0.2) is 0 Å². The summed E-state index contributed by atoms with van der Waals surface area (Å²) in [5.74, 6) is -0.387. The SMILES string of the molecule is CCC(CC)(CC)NCC(=O)NC(N)=O. The summed E-state index contributed by atoms with van der Waals surface area (Å²) < 4.78 is 0. The molecule has 0 heterocycles. The van der Waals surface area contributed by atoms with Crippen molar-refractivity contribution < 1.29 is 9.59 Å². The second-order valence-electron chi connectivity index (χ2n) is 3.61. The smallest absolute Gasteiger partial charge is 0.318 e. The van der Waals surface area contributed by atoms with Gasteiger partial charge >= 0.3 is 6.03 Å². The number of imide groups is 1. The van der Waals surface area contributed by atoms with Gasteiger partial charge in [-0.15, -0.1) is 0 Å². The van der Waals surface area contributed by atoms with Gasteiger partial charge < -0.3 is 11.1 Å². The number of hydrogen-bond donors (Lipinski definition) is 3. The van der Waals surface area contributed by atoms with Crippen molar-refractivity contribution in [3.63, 3.8) is 0 Å². The lowest BCUT2D eigenvalue weighted by Crippen LogP contribution is -2.49. The molecule has 0 saturated heterocycles. The molecule has 15 heavy (non-hydrogen) atoms. The average molecular weight is 215 g/mol. The van der Waals surface area contributed by atoms with Crippen LogP contribution in [0, 0.1) is 0 Å². The van der Waals surface area contributed by atoms with Gasteiger partial charge in [-0.25, -0.2) is 4.79 Å².